The van der Waals surface area contributed by atoms with Crippen LogP contribution in [-0.2, 0) is 0 Å². The molecular weight excluding hydrogens is 292 g/mol. The molecule has 1 aromatic heterocycles. The first-order chi connectivity index (χ1) is 11.0. The van der Waals surface area contributed by atoms with Crippen LogP contribution < -0.4 is 0 Å². The fourth-order valence-electron chi connectivity index (χ4n) is 2.97. The lowest BCUT2D eigenvalue weighted by molar-refractivity contribution is 0.0756. The fraction of sp³-hybridized carbons (Fsp3) is 0.471. The van der Waals surface area contributed by atoms with Crippen LogP contribution in [0.5, 0.6) is 0 Å². The minimum absolute atomic E-state index is 0.107. The molecule has 0 radical (unpaired) electrons. The first-order valence-electron chi connectivity index (χ1n) is 7.94. The van der Waals surface area contributed by atoms with Crippen LogP contribution in [-0.4, -0.2) is 50.1 Å². The van der Waals surface area contributed by atoms with Gasteiger partial charge in [-0.25, -0.2) is 4.68 Å². The number of aromatic nitrogens is 3. The zero-order valence-corrected chi connectivity index (χ0v) is 13.7. The molecule has 0 spiro atoms. The van der Waals surface area contributed by atoms with Crippen molar-refractivity contribution in [3.8, 4) is 5.69 Å². The minimum atomic E-state index is -0.392. The van der Waals surface area contributed by atoms with Gasteiger partial charge in [-0.15, -0.1) is 5.10 Å². The van der Waals surface area contributed by atoms with Crippen LogP contribution in [0, 0.1) is 19.8 Å². The Labute approximate surface area is 135 Å². The predicted molar refractivity (Wildman–Crippen MR) is 86.5 cm³/mol. The number of amides is 1. The summed E-state index contributed by atoms with van der Waals surface area (Å²) in [6.45, 7) is 6.89. The number of rotatable bonds is 3. The van der Waals surface area contributed by atoms with E-state index in [1.807, 2.05) is 38.1 Å². The van der Waals surface area contributed by atoms with Crippen molar-refractivity contribution in [2.75, 3.05) is 13.1 Å². The number of carbonyl (C=O) groups is 1. The molecule has 1 aromatic carbocycles. The van der Waals surface area contributed by atoms with Crippen molar-refractivity contribution < 1.29 is 9.90 Å². The van der Waals surface area contributed by atoms with Crippen molar-refractivity contribution in [1.82, 2.24) is 19.9 Å². The smallest absolute Gasteiger partial charge is 0.276 e. The van der Waals surface area contributed by atoms with E-state index in [0.29, 0.717) is 18.8 Å². The third kappa shape index (κ3) is 2.99. The predicted octanol–water partition coefficient (Wildman–Crippen LogP) is 1.73. The quantitative estimate of drug-likeness (QED) is 0.936. The summed E-state index contributed by atoms with van der Waals surface area (Å²) in [6, 6.07) is 7.94. The Morgan fingerprint density at radius 1 is 1.30 bits per heavy atom. The SMILES string of the molecule is Cc1ccc(-n2nnc(C(=O)N3CCC(C(C)O)C3)c2C)cc1. The zero-order valence-electron chi connectivity index (χ0n) is 13.7. The van der Waals surface area contributed by atoms with Gasteiger partial charge in [-0.2, -0.15) is 0 Å². The number of benzene rings is 1. The number of aryl methyl sites for hydroxylation is 1. The van der Waals surface area contributed by atoms with Crippen molar-refractivity contribution in [2.24, 2.45) is 5.92 Å². The van der Waals surface area contributed by atoms with Crippen molar-refractivity contribution in [3.05, 3.63) is 41.2 Å². The zero-order chi connectivity index (χ0) is 16.6. The van der Waals surface area contributed by atoms with E-state index < -0.39 is 6.10 Å². The Morgan fingerprint density at radius 3 is 2.61 bits per heavy atom. The van der Waals surface area contributed by atoms with Crippen LogP contribution in [0.3, 0.4) is 0 Å². The highest BCUT2D eigenvalue weighted by molar-refractivity contribution is 5.93. The molecule has 6 heteroatoms. The number of hydrogen-bond donors (Lipinski definition) is 1. The van der Waals surface area contributed by atoms with Crippen LogP contribution in [0.4, 0.5) is 0 Å². The summed E-state index contributed by atoms with van der Waals surface area (Å²) in [4.78, 5) is 14.4. The monoisotopic (exact) mass is 314 g/mol. The maximum absolute atomic E-state index is 12.7. The highest BCUT2D eigenvalue weighted by Crippen LogP contribution is 2.22. The summed E-state index contributed by atoms with van der Waals surface area (Å²) in [5, 5.41) is 17.9. The van der Waals surface area contributed by atoms with E-state index >= 15 is 0 Å². The molecule has 2 atom stereocenters. The van der Waals surface area contributed by atoms with E-state index in [1.165, 1.54) is 5.56 Å². The van der Waals surface area contributed by atoms with Gasteiger partial charge in [0.25, 0.3) is 5.91 Å². The van der Waals surface area contributed by atoms with Gasteiger partial charge in [0.1, 0.15) is 0 Å². The van der Waals surface area contributed by atoms with E-state index in [-0.39, 0.29) is 11.8 Å². The summed E-state index contributed by atoms with van der Waals surface area (Å²) >= 11 is 0. The molecular formula is C17H22N4O2. The standard InChI is InChI=1S/C17H22N4O2/c1-11-4-6-15(7-5-11)21-12(2)16(18-19-21)17(23)20-9-8-14(10-20)13(3)22/h4-7,13-14,22H,8-10H2,1-3H3. The van der Waals surface area contributed by atoms with Gasteiger partial charge >= 0.3 is 0 Å². The lowest BCUT2D eigenvalue weighted by Gasteiger charge is -2.16. The average Bonchev–Trinajstić information content (AvgIpc) is 3.15. The van der Waals surface area contributed by atoms with Gasteiger partial charge < -0.3 is 10.0 Å². The maximum Gasteiger partial charge on any atom is 0.276 e. The third-order valence-corrected chi connectivity index (χ3v) is 4.57. The van der Waals surface area contributed by atoms with Crippen LogP contribution in [0.2, 0.25) is 0 Å². The largest absolute Gasteiger partial charge is 0.393 e. The normalized spacial score (nSPS) is 19.1. The van der Waals surface area contributed by atoms with Gasteiger partial charge in [0, 0.05) is 19.0 Å². The molecule has 23 heavy (non-hydrogen) atoms. The molecule has 1 aliphatic heterocycles. The number of aliphatic hydroxyl groups is 1. The molecule has 0 aliphatic carbocycles. The highest BCUT2D eigenvalue weighted by atomic mass is 16.3. The van der Waals surface area contributed by atoms with Crippen LogP contribution in [0.25, 0.3) is 5.69 Å². The summed E-state index contributed by atoms with van der Waals surface area (Å²) in [6.07, 6.45) is 0.436. The van der Waals surface area contributed by atoms with Gasteiger partial charge in [-0.3, -0.25) is 4.79 Å². The number of nitrogens with zero attached hydrogens (tertiary/aromatic N) is 4. The Morgan fingerprint density at radius 2 is 2.00 bits per heavy atom. The van der Waals surface area contributed by atoms with Crippen molar-refractivity contribution in [1.29, 1.82) is 0 Å². The second-order valence-electron chi connectivity index (χ2n) is 6.31. The summed E-state index contributed by atoms with van der Waals surface area (Å²) in [7, 11) is 0. The van der Waals surface area contributed by atoms with Gasteiger partial charge in [0.2, 0.25) is 0 Å². The summed E-state index contributed by atoms with van der Waals surface area (Å²) in [5.74, 6) is 0.0374. The molecule has 1 fully saturated rings. The average molecular weight is 314 g/mol. The highest BCUT2D eigenvalue weighted by Gasteiger charge is 2.31. The molecule has 1 amide bonds. The molecule has 1 saturated heterocycles. The van der Waals surface area contributed by atoms with E-state index in [0.717, 1.165) is 17.8 Å². The first-order valence-corrected chi connectivity index (χ1v) is 7.94. The van der Waals surface area contributed by atoms with E-state index in [4.69, 9.17) is 0 Å². The number of carbonyl (C=O) groups excluding carboxylic acids is 1. The van der Waals surface area contributed by atoms with Crippen molar-refractivity contribution >= 4 is 5.91 Å². The molecule has 2 unspecified atom stereocenters. The number of likely N-dealkylation sites (tertiary alicyclic amines) is 1. The van der Waals surface area contributed by atoms with Gasteiger partial charge in [-0.1, -0.05) is 22.9 Å². The minimum Gasteiger partial charge on any atom is -0.393 e. The van der Waals surface area contributed by atoms with Crippen molar-refractivity contribution in [3.63, 3.8) is 0 Å². The van der Waals surface area contributed by atoms with Gasteiger partial charge in [0.05, 0.1) is 17.5 Å². The molecule has 122 valence electrons. The van der Waals surface area contributed by atoms with Crippen LogP contribution in [0.1, 0.15) is 35.1 Å². The second kappa shape index (κ2) is 6.12. The Bertz CT molecular complexity index is 706. The Balaban J connectivity index is 1.82. The summed E-state index contributed by atoms with van der Waals surface area (Å²) < 4.78 is 1.69. The Hall–Kier alpha value is -2.21. The summed E-state index contributed by atoms with van der Waals surface area (Å²) in [5.41, 5.74) is 3.18. The Kier molecular flexibility index (Phi) is 4.17. The molecule has 1 aliphatic rings. The van der Waals surface area contributed by atoms with E-state index in [2.05, 4.69) is 10.3 Å². The molecule has 1 N–H and O–H groups in total. The molecule has 6 nitrogen and oxygen atoms in total. The van der Waals surface area contributed by atoms with Gasteiger partial charge in [-0.05, 0) is 39.3 Å². The number of hydrogen-bond acceptors (Lipinski definition) is 4. The third-order valence-electron chi connectivity index (χ3n) is 4.57. The fourth-order valence-corrected chi connectivity index (χ4v) is 2.97. The van der Waals surface area contributed by atoms with E-state index in [9.17, 15) is 9.90 Å². The first kappa shape index (κ1) is 15.7. The lowest BCUT2D eigenvalue weighted by atomic mass is 10.0. The molecule has 2 heterocycles. The number of aliphatic hydroxyl groups excluding tert-OH is 1. The van der Waals surface area contributed by atoms with Crippen LogP contribution >= 0.6 is 0 Å². The topological polar surface area (TPSA) is 71.2 Å². The lowest BCUT2D eigenvalue weighted by Crippen LogP contribution is -2.31. The second-order valence-corrected chi connectivity index (χ2v) is 6.31. The maximum atomic E-state index is 12.7. The molecule has 0 saturated carbocycles. The van der Waals surface area contributed by atoms with Crippen molar-refractivity contribution in [2.45, 2.75) is 33.3 Å². The molecule has 2 aromatic rings. The van der Waals surface area contributed by atoms with Gasteiger partial charge in [0.15, 0.2) is 5.69 Å². The molecule has 3 rings (SSSR count). The molecule has 0 bridgehead atoms. The van der Waals surface area contributed by atoms with E-state index in [1.54, 1.807) is 16.5 Å². The van der Waals surface area contributed by atoms with Crippen LogP contribution in [0.15, 0.2) is 24.3 Å².